The first-order chi connectivity index (χ1) is 15.4. The quantitative estimate of drug-likeness (QED) is 0.543. The van der Waals surface area contributed by atoms with Crippen molar-refractivity contribution in [2.75, 3.05) is 43.9 Å². The van der Waals surface area contributed by atoms with Gasteiger partial charge in [-0.1, -0.05) is 0 Å². The minimum Gasteiger partial charge on any atom is -0.352 e. The second-order valence-electron chi connectivity index (χ2n) is 7.78. The Hall–Kier alpha value is -2.89. The summed E-state index contributed by atoms with van der Waals surface area (Å²) in [4.78, 5) is 13.6. The molecule has 0 unspecified atom stereocenters. The second-order valence-corrected chi connectivity index (χ2v) is 9.61. The Balaban J connectivity index is 1.33. The summed E-state index contributed by atoms with van der Waals surface area (Å²) in [5.41, 5.74) is 2.68. The van der Waals surface area contributed by atoms with Crippen molar-refractivity contribution in [2.24, 2.45) is 0 Å². The maximum Gasteiger partial charge on any atom is 0.208 e. The van der Waals surface area contributed by atoms with Crippen LogP contribution < -0.4 is 9.62 Å². The van der Waals surface area contributed by atoms with Crippen molar-refractivity contribution in [3.05, 3.63) is 60.4 Å². The molecule has 1 aliphatic heterocycles. The van der Waals surface area contributed by atoms with Gasteiger partial charge in [-0.3, -0.25) is 14.6 Å². The van der Waals surface area contributed by atoms with Gasteiger partial charge < -0.3 is 4.90 Å². The van der Waals surface area contributed by atoms with Gasteiger partial charge in [0, 0.05) is 69.0 Å². The molecule has 1 aromatic carbocycles. The van der Waals surface area contributed by atoms with E-state index in [0.29, 0.717) is 13.1 Å². The number of piperazine rings is 1. The Kier molecular flexibility index (Phi) is 6.77. The Labute approximate surface area is 187 Å². The lowest BCUT2D eigenvalue weighted by Gasteiger charge is -2.35. The first-order valence-corrected chi connectivity index (χ1v) is 12.3. The van der Waals surface area contributed by atoms with Crippen LogP contribution in [0.4, 0.5) is 10.2 Å². The monoisotopic (exact) mass is 459 g/mol. The molecule has 3 aromatic rings. The normalized spacial score (nSPS) is 15.2. The number of hydrogen-bond donors (Lipinski definition) is 1. The van der Waals surface area contributed by atoms with Crippen molar-refractivity contribution in [3.63, 3.8) is 0 Å². The van der Waals surface area contributed by atoms with Crippen LogP contribution in [0.15, 0.2) is 49.1 Å². The van der Waals surface area contributed by atoms with Crippen LogP contribution in [0.3, 0.4) is 0 Å². The molecule has 2 aromatic heterocycles. The van der Waals surface area contributed by atoms with E-state index in [0.717, 1.165) is 61.6 Å². The highest BCUT2D eigenvalue weighted by molar-refractivity contribution is 7.88. The van der Waals surface area contributed by atoms with Crippen LogP contribution in [0.5, 0.6) is 0 Å². The predicted molar refractivity (Wildman–Crippen MR) is 120 cm³/mol. The Morgan fingerprint density at radius 1 is 1.06 bits per heavy atom. The van der Waals surface area contributed by atoms with Crippen LogP contribution in [0, 0.1) is 5.82 Å². The molecule has 9 nitrogen and oxygen atoms in total. The van der Waals surface area contributed by atoms with E-state index in [4.69, 9.17) is 0 Å². The number of aromatic nitrogens is 4. The molecule has 0 radical (unpaired) electrons. The van der Waals surface area contributed by atoms with Gasteiger partial charge in [0.15, 0.2) is 5.82 Å². The highest BCUT2D eigenvalue weighted by Gasteiger charge is 2.22. The van der Waals surface area contributed by atoms with Crippen LogP contribution in [0.2, 0.25) is 0 Å². The number of hydrogen-bond acceptors (Lipinski definition) is 7. The highest BCUT2D eigenvalue weighted by atomic mass is 32.2. The SMILES string of the molecule is CS(=O)(=O)NCCn1cc(CN2CCN(c3nccnc3-c3ccc(F)cc3)CC2)cn1. The fourth-order valence-electron chi connectivity index (χ4n) is 3.71. The molecule has 11 heteroatoms. The summed E-state index contributed by atoms with van der Waals surface area (Å²) in [7, 11) is -3.19. The van der Waals surface area contributed by atoms with E-state index in [2.05, 4.69) is 29.6 Å². The fraction of sp³-hybridized carbons (Fsp3) is 0.381. The van der Waals surface area contributed by atoms with Crippen molar-refractivity contribution in [2.45, 2.75) is 13.1 Å². The first kappa shape index (κ1) is 22.3. The molecule has 0 bridgehead atoms. The Bertz CT molecular complexity index is 1140. The molecule has 0 atom stereocenters. The predicted octanol–water partition coefficient (Wildman–Crippen LogP) is 1.35. The zero-order valence-electron chi connectivity index (χ0n) is 17.9. The number of nitrogens with zero attached hydrogens (tertiary/aromatic N) is 6. The molecule has 170 valence electrons. The van der Waals surface area contributed by atoms with Gasteiger partial charge >= 0.3 is 0 Å². The lowest BCUT2D eigenvalue weighted by atomic mass is 10.1. The molecule has 4 rings (SSSR count). The van der Waals surface area contributed by atoms with E-state index < -0.39 is 10.0 Å². The summed E-state index contributed by atoms with van der Waals surface area (Å²) in [6.07, 6.45) is 8.25. The summed E-state index contributed by atoms with van der Waals surface area (Å²) >= 11 is 0. The average Bonchev–Trinajstić information content (AvgIpc) is 3.21. The number of halogens is 1. The summed E-state index contributed by atoms with van der Waals surface area (Å²) in [5, 5.41) is 4.31. The van der Waals surface area contributed by atoms with Crippen LogP contribution >= 0.6 is 0 Å². The molecule has 1 saturated heterocycles. The molecule has 0 spiro atoms. The van der Waals surface area contributed by atoms with Gasteiger partial charge in [0.05, 0.1) is 19.0 Å². The van der Waals surface area contributed by atoms with Gasteiger partial charge in [-0.05, 0) is 24.3 Å². The van der Waals surface area contributed by atoms with E-state index in [-0.39, 0.29) is 5.82 Å². The van der Waals surface area contributed by atoms with Crippen LogP contribution in [0.25, 0.3) is 11.3 Å². The number of anilines is 1. The standard InChI is InChI=1S/C21H26FN7O2S/c1-32(30,31)26-8-9-29-16-17(14-25-29)15-27-10-12-28(13-11-27)21-20(23-6-7-24-21)18-2-4-19(22)5-3-18/h2-7,14,16,26H,8-13,15H2,1H3. The zero-order chi connectivity index (χ0) is 22.6. The van der Waals surface area contributed by atoms with Crippen molar-refractivity contribution < 1.29 is 12.8 Å². The Morgan fingerprint density at radius 3 is 2.50 bits per heavy atom. The molecule has 32 heavy (non-hydrogen) atoms. The van der Waals surface area contributed by atoms with Crippen molar-refractivity contribution in [1.29, 1.82) is 0 Å². The molecule has 0 amide bonds. The Morgan fingerprint density at radius 2 is 1.78 bits per heavy atom. The van der Waals surface area contributed by atoms with Crippen molar-refractivity contribution in [3.8, 4) is 11.3 Å². The molecular formula is C21H26FN7O2S. The summed E-state index contributed by atoms with van der Waals surface area (Å²) in [6.45, 7) is 4.91. The molecule has 1 fully saturated rings. The molecule has 0 saturated carbocycles. The topological polar surface area (TPSA) is 96.2 Å². The number of sulfonamides is 1. The van der Waals surface area contributed by atoms with Gasteiger partial charge in [-0.2, -0.15) is 5.10 Å². The molecule has 1 aliphatic rings. The smallest absolute Gasteiger partial charge is 0.208 e. The third-order valence-corrected chi connectivity index (χ3v) is 5.99. The molecule has 0 aliphatic carbocycles. The lowest BCUT2D eigenvalue weighted by Crippen LogP contribution is -2.46. The fourth-order valence-corrected chi connectivity index (χ4v) is 4.17. The highest BCUT2D eigenvalue weighted by Crippen LogP contribution is 2.27. The number of nitrogens with one attached hydrogen (secondary N) is 1. The first-order valence-electron chi connectivity index (χ1n) is 10.4. The second kappa shape index (κ2) is 9.72. The maximum atomic E-state index is 13.3. The molecule has 1 N–H and O–H groups in total. The van der Waals surface area contributed by atoms with Gasteiger partial charge in [-0.25, -0.2) is 22.5 Å². The van der Waals surface area contributed by atoms with E-state index in [1.165, 1.54) is 12.1 Å². The van der Waals surface area contributed by atoms with E-state index in [9.17, 15) is 12.8 Å². The summed E-state index contributed by atoms with van der Waals surface area (Å²) < 4.78 is 39.8. The van der Waals surface area contributed by atoms with Gasteiger partial charge in [0.25, 0.3) is 0 Å². The van der Waals surface area contributed by atoms with Gasteiger partial charge in [0.1, 0.15) is 11.5 Å². The average molecular weight is 460 g/mol. The van der Waals surface area contributed by atoms with Gasteiger partial charge in [0.2, 0.25) is 10.0 Å². The summed E-state index contributed by atoms with van der Waals surface area (Å²) in [6, 6.07) is 6.32. The van der Waals surface area contributed by atoms with E-state index >= 15 is 0 Å². The zero-order valence-corrected chi connectivity index (χ0v) is 18.7. The van der Waals surface area contributed by atoms with Crippen LogP contribution in [-0.4, -0.2) is 72.0 Å². The number of rotatable bonds is 8. The van der Waals surface area contributed by atoms with Crippen LogP contribution in [-0.2, 0) is 23.1 Å². The maximum absolute atomic E-state index is 13.3. The third-order valence-electron chi connectivity index (χ3n) is 5.27. The molecular weight excluding hydrogens is 433 g/mol. The number of benzene rings is 1. The van der Waals surface area contributed by atoms with E-state index in [1.807, 2.05) is 12.4 Å². The third kappa shape index (κ3) is 5.87. The minimum atomic E-state index is -3.19. The van der Waals surface area contributed by atoms with Gasteiger partial charge in [-0.15, -0.1) is 0 Å². The molecule has 3 heterocycles. The largest absolute Gasteiger partial charge is 0.352 e. The van der Waals surface area contributed by atoms with Crippen molar-refractivity contribution >= 4 is 15.8 Å². The van der Waals surface area contributed by atoms with E-state index in [1.54, 1.807) is 29.2 Å². The summed E-state index contributed by atoms with van der Waals surface area (Å²) in [5.74, 6) is 0.535. The lowest BCUT2D eigenvalue weighted by molar-refractivity contribution is 0.249. The van der Waals surface area contributed by atoms with Crippen molar-refractivity contribution in [1.82, 2.24) is 29.4 Å². The van der Waals surface area contributed by atoms with Crippen LogP contribution in [0.1, 0.15) is 5.56 Å². The minimum absolute atomic E-state index is 0.275.